The Morgan fingerprint density at radius 2 is 1.77 bits per heavy atom. The molecule has 11 heteroatoms. The molecule has 10 nitrogen and oxygen atoms in total. The molecule has 0 aliphatic rings. The van der Waals surface area contributed by atoms with Gasteiger partial charge in [-0.15, -0.1) is 0 Å². The van der Waals surface area contributed by atoms with Gasteiger partial charge in [-0.3, -0.25) is 9.79 Å². The monoisotopic (exact) mass is 442 g/mol. The Labute approximate surface area is 177 Å². The number of amides is 1. The van der Waals surface area contributed by atoms with E-state index in [4.69, 9.17) is 16.2 Å². The molecular weight excluding hydrogens is 412 g/mol. The van der Waals surface area contributed by atoms with Gasteiger partial charge in [0.05, 0.1) is 17.4 Å². The molecule has 1 atom stereocenters. The van der Waals surface area contributed by atoms with E-state index in [2.05, 4.69) is 4.99 Å². The highest BCUT2D eigenvalue weighted by atomic mass is 32.2. The number of nitrogens with two attached hydrogens (primary N) is 2. The minimum atomic E-state index is -4.38. The van der Waals surface area contributed by atoms with Gasteiger partial charge in [-0.1, -0.05) is 17.7 Å². The zero-order valence-electron chi connectivity index (χ0n) is 17.7. The van der Waals surface area contributed by atoms with Gasteiger partial charge >= 0.3 is 12.1 Å². The largest absolute Gasteiger partial charge is 0.481 e. The fourth-order valence-corrected chi connectivity index (χ4v) is 4.13. The highest BCUT2D eigenvalue weighted by Crippen LogP contribution is 2.26. The smallest absolute Gasteiger partial charge is 0.424 e. The van der Waals surface area contributed by atoms with Crippen LogP contribution in [0.2, 0.25) is 0 Å². The van der Waals surface area contributed by atoms with E-state index in [1.807, 2.05) is 0 Å². The number of hydrogen-bond acceptors (Lipinski definition) is 6. The fourth-order valence-electron chi connectivity index (χ4n) is 2.61. The topological polar surface area (TPSA) is 165 Å². The number of carboxylic acid groups (broad SMARTS) is 1. The summed E-state index contributed by atoms with van der Waals surface area (Å²) in [7, 11) is -4.38. The predicted octanol–water partition coefficient (Wildman–Crippen LogP) is 1.82. The number of aliphatic imine (C=N–C) groups is 1. The molecule has 0 aliphatic carbocycles. The summed E-state index contributed by atoms with van der Waals surface area (Å²) in [5.41, 5.74) is 10.4. The van der Waals surface area contributed by atoms with E-state index in [0.29, 0.717) is 4.31 Å². The normalized spacial score (nSPS) is 12.7. The Balaban J connectivity index is 3.38. The number of carbonyl (C=O) groups is 2. The van der Waals surface area contributed by atoms with Gasteiger partial charge in [0.2, 0.25) is 0 Å². The number of aryl methyl sites for hydroxylation is 1. The lowest BCUT2D eigenvalue weighted by Gasteiger charge is -2.32. The van der Waals surface area contributed by atoms with Crippen molar-refractivity contribution in [1.82, 2.24) is 4.31 Å². The second-order valence-corrected chi connectivity index (χ2v) is 9.61. The third kappa shape index (κ3) is 7.90. The summed E-state index contributed by atoms with van der Waals surface area (Å²) in [6.07, 6.45) is -1.44. The molecule has 30 heavy (non-hydrogen) atoms. The van der Waals surface area contributed by atoms with E-state index in [0.717, 1.165) is 5.56 Å². The number of sulfonamides is 1. The van der Waals surface area contributed by atoms with Crippen LogP contribution in [-0.4, -0.2) is 54.0 Å². The molecule has 0 fully saturated rings. The lowest BCUT2D eigenvalue weighted by molar-refractivity contribution is -0.137. The van der Waals surface area contributed by atoms with Crippen LogP contribution in [0, 0.1) is 6.92 Å². The van der Waals surface area contributed by atoms with Crippen molar-refractivity contribution < 1.29 is 27.9 Å². The van der Waals surface area contributed by atoms with Crippen LogP contribution >= 0.6 is 0 Å². The van der Waals surface area contributed by atoms with E-state index in [-0.39, 0.29) is 30.2 Å². The van der Waals surface area contributed by atoms with Crippen molar-refractivity contribution in [2.24, 2.45) is 16.5 Å². The van der Waals surface area contributed by atoms with E-state index in [1.165, 1.54) is 12.1 Å². The first-order chi connectivity index (χ1) is 13.7. The number of nitrogens with zero attached hydrogens (tertiary/aromatic N) is 2. The third-order valence-corrected chi connectivity index (χ3v) is 5.72. The summed E-state index contributed by atoms with van der Waals surface area (Å²) in [4.78, 5) is 28.0. The molecule has 0 bridgehead atoms. The summed E-state index contributed by atoms with van der Waals surface area (Å²) < 4.78 is 32.4. The number of aliphatic carboxylic acids is 1. The first-order valence-corrected chi connectivity index (χ1v) is 10.8. The summed E-state index contributed by atoms with van der Waals surface area (Å²) in [6.45, 7) is 6.72. The van der Waals surface area contributed by atoms with Gasteiger partial charge in [0, 0.05) is 6.54 Å². The minimum absolute atomic E-state index is 0.0351. The van der Waals surface area contributed by atoms with Crippen molar-refractivity contribution in [2.45, 2.75) is 63.5 Å². The molecule has 0 unspecified atom stereocenters. The number of ether oxygens (including phenoxy) is 1. The quantitative estimate of drug-likeness (QED) is 0.296. The molecule has 1 aromatic rings. The Hall–Kier alpha value is -2.82. The Bertz CT molecular complexity index is 871. The minimum Gasteiger partial charge on any atom is -0.481 e. The Morgan fingerprint density at radius 1 is 1.20 bits per heavy atom. The van der Waals surface area contributed by atoms with Gasteiger partial charge in [0.15, 0.2) is 5.96 Å². The van der Waals surface area contributed by atoms with Crippen molar-refractivity contribution >= 4 is 28.0 Å². The van der Waals surface area contributed by atoms with Crippen LogP contribution in [0.1, 0.15) is 45.6 Å². The molecule has 1 aromatic carbocycles. The van der Waals surface area contributed by atoms with E-state index in [9.17, 15) is 23.1 Å². The number of carboxylic acids is 1. The van der Waals surface area contributed by atoms with Crippen LogP contribution in [0.4, 0.5) is 4.79 Å². The average molecular weight is 443 g/mol. The first-order valence-electron chi connectivity index (χ1n) is 9.35. The van der Waals surface area contributed by atoms with Gasteiger partial charge in [-0.05, 0) is 52.7 Å². The van der Waals surface area contributed by atoms with Crippen LogP contribution in [0.5, 0.6) is 0 Å². The molecule has 0 aromatic heterocycles. The standard InChI is InChI=1S/C19H30N4O6S/c1-13-7-9-15(10-8-13)30(27,28)23(18(26)29-19(2,3)4)14(12-16(24)25)6-5-11-22-17(20)21/h7-10,14H,5-6,11-12H2,1-4H3,(H,24,25)(H4,20,21,22)/t14-/m1/s1. The number of guanidine groups is 1. The van der Waals surface area contributed by atoms with Gasteiger partial charge in [-0.2, -0.15) is 4.31 Å². The molecule has 0 saturated heterocycles. The highest BCUT2D eigenvalue weighted by Gasteiger charge is 2.39. The molecule has 0 heterocycles. The molecule has 1 rings (SSSR count). The lowest BCUT2D eigenvalue weighted by Crippen LogP contribution is -2.47. The van der Waals surface area contributed by atoms with Crippen LogP contribution in [0.3, 0.4) is 0 Å². The first kappa shape index (κ1) is 25.2. The average Bonchev–Trinajstić information content (AvgIpc) is 2.56. The Kier molecular flexibility index (Phi) is 8.64. The maximum atomic E-state index is 13.3. The Morgan fingerprint density at radius 3 is 2.23 bits per heavy atom. The highest BCUT2D eigenvalue weighted by molar-refractivity contribution is 7.89. The summed E-state index contributed by atoms with van der Waals surface area (Å²) >= 11 is 0. The van der Waals surface area contributed by atoms with Gasteiger partial charge in [0.25, 0.3) is 10.0 Å². The summed E-state index contributed by atoms with van der Waals surface area (Å²) in [5.74, 6) is -1.39. The van der Waals surface area contributed by atoms with Crippen LogP contribution in [-0.2, 0) is 19.6 Å². The van der Waals surface area contributed by atoms with Crippen molar-refractivity contribution in [1.29, 1.82) is 0 Å². The molecule has 0 aliphatic heterocycles. The number of benzene rings is 1. The van der Waals surface area contributed by atoms with Crippen LogP contribution in [0.15, 0.2) is 34.2 Å². The molecule has 168 valence electrons. The number of hydrogen-bond donors (Lipinski definition) is 3. The van der Waals surface area contributed by atoms with Gasteiger partial charge in [-0.25, -0.2) is 13.2 Å². The zero-order valence-corrected chi connectivity index (χ0v) is 18.5. The third-order valence-electron chi connectivity index (χ3n) is 3.88. The van der Waals surface area contributed by atoms with Crippen molar-refractivity contribution in [3.63, 3.8) is 0 Å². The lowest BCUT2D eigenvalue weighted by atomic mass is 10.1. The second-order valence-electron chi connectivity index (χ2n) is 7.79. The zero-order chi connectivity index (χ0) is 23.1. The molecule has 0 saturated carbocycles. The van der Waals surface area contributed by atoms with Crippen molar-refractivity contribution in [2.75, 3.05) is 6.54 Å². The molecule has 5 N–H and O–H groups in total. The number of carbonyl (C=O) groups excluding carboxylic acids is 1. The van der Waals surface area contributed by atoms with E-state index < -0.39 is 40.1 Å². The molecule has 1 amide bonds. The van der Waals surface area contributed by atoms with Crippen LogP contribution < -0.4 is 11.5 Å². The van der Waals surface area contributed by atoms with Crippen molar-refractivity contribution in [3.05, 3.63) is 29.8 Å². The fraction of sp³-hybridized carbons (Fsp3) is 0.526. The van der Waals surface area contributed by atoms with E-state index >= 15 is 0 Å². The van der Waals surface area contributed by atoms with Crippen molar-refractivity contribution in [3.8, 4) is 0 Å². The molecular formula is C19H30N4O6S. The number of rotatable bonds is 9. The van der Waals surface area contributed by atoms with Gasteiger partial charge < -0.3 is 21.3 Å². The maximum absolute atomic E-state index is 13.3. The SMILES string of the molecule is Cc1ccc(S(=O)(=O)N(C(=O)OC(C)(C)C)[C@H](CCCN=C(N)N)CC(=O)O)cc1. The van der Waals surface area contributed by atoms with Gasteiger partial charge in [0.1, 0.15) is 5.60 Å². The van der Waals surface area contributed by atoms with Crippen LogP contribution in [0.25, 0.3) is 0 Å². The van der Waals surface area contributed by atoms with E-state index in [1.54, 1.807) is 39.8 Å². The molecule has 0 spiro atoms. The predicted molar refractivity (Wildman–Crippen MR) is 112 cm³/mol. The molecule has 0 radical (unpaired) electrons. The summed E-state index contributed by atoms with van der Waals surface area (Å²) in [6, 6.07) is 4.72. The maximum Gasteiger partial charge on any atom is 0.424 e. The second kappa shape index (κ2) is 10.3. The summed E-state index contributed by atoms with van der Waals surface area (Å²) in [5, 5.41) is 9.32.